The second-order valence-electron chi connectivity index (χ2n) is 4.18. The van der Waals surface area contributed by atoms with Crippen molar-refractivity contribution in [3.8, 4) is 0 Å². The van der Waals surface area contributed by atoms with Crippen molar-refractivity contribution in [2.75, 3.05) is 11.9 Å². The van der Waals surface area contributed by atoms with Crippen molar-refractivity contribution < 1.29 is 14.1 Å². The zero-order valence-corrected chi connectivity index (χ0v) is 13.3. The third-order valence-corrected chi connectivity index (χ3v) is 3.30. The van der Waals surface area contributed by atoms with Gasteiger partial charge in [-0.15, -0.1) is 0 Å². The molecule has 2 rings (SSSR count). The van der Waals surface area contributed by atoms with Gasteiger partial charge in [-0.25, -0.2) is 0 Å². The molecule has 0 saturated carbocycles. The van der Waals surface area contributed by atoms with E-state index in [0.29, 0.717) is 16.6 Å². The fourth-order valence-electron chi connectivity index (χ4n) is 1.54. The molecule has 1 aromatic carbocycles. The van der Waals surface area contributed by atoms with Crippen molar-refractivity contribution in [2.24, 2.45) is 0 Å². The molecule has 6 nitrogen and oxygen atoms in total. The van der Waals surface area contributed by atoms with E-state index >= 15 is 0 Å². The Bertz CT molecular complexity index is 687. The zero-order valence-electron chi connectivity index (χ0n) is 10.9. The molecular weight excluding hydrogens is 362 g/mol. The summed E-state index contributed by atoms with van der Waals surface area (Å²) in [6.45, 7) is 1.51. The number of carbonyl (C=O) groups excluding carboxylic acids is 2. The van der Waals surface area contributed by atoms with Gasteiger partial charge in [0.25, 0.3) is 5.91 Å². The summed E-state index contributed by atoms with van der Waals surface area (Å²) in [4.78, 5) is 23.6. The Balaban J connectivity index is 1.91. The third-order valence-electron chi connectivity index (χ3n) is 2.48. The molecule has 0 unspecified atom stereocenters. The van der Waals surface area contributed by atoms with Crippen molar-refractivity contribution in [3.05, 3.63) is 45.1 Å². The molecule has 0 radical (unpaired) electrons. The van der Waals surface area contributed by atoms with Crippen LogP contribution < -0.4 is 10.6 Å². The number of halogens is 2. The number of anilines is 1. The molecule has 2 aromatic rings. The Hall–Kier alpha value is -1.86. The van der Waals surface area contributed by atoms with Crippen LogP contribution in [0.15, 0.2) is 33.3 Å². The first-order valence-electron chi connectivity index (χ1n) is 5.92. The van der Waals surface area contributed by atoms with Crippen LogP contribution in [0.4, 0.5) is 5.82 Å². The lowest BCUT2D eigenvalue weighted by Gasteiger charge is -2.07. The number of aromatic nitrogens is 1. The van der Waals surface area contributed by atoms with Crippen LogP contribution >= 0.6 is 27.5 Å². The van der Waals surface area contributed by atoms with Gasteiger partial charge >= 0.3 is 0 Å². The molecule has 0 spiro atoms. The minimum atomic E-state index is -0.437. The standard InChI is InChI=1S/C13H11BrClN3O3/c1-7-4-11(18-21-7)17-12(19)6-16-13(20)9-5-8(14)2-3-10(9)15/h2-5H,6H2,1H3,(H,16,20)(H,17,18,19). The topological polar surface area (TPSA) is 84.2 Å². The van der Waals surface area contributed by atoms with E-state index in [4.69, 9.17) is 16.1 Å². The molecule has 2 N–H and O–H groups in total. The van der Waals surface area contributed by atoms with E-state index in [1.54, 1.807) is 31.2 Å². The maximum Gasteiger partial charge on any atom is 0.253 e. The second-order valence-corrected chi connectivity index (χ2v) is 5.50. The van der Waals surface area contributed by atoms with Gasteiger partial charge in [0.15, 0.2) is 5.82 Å². The highest BCUT2D eigenvalue weighted by molar-refractivity contribution is 9.10. The van der Waals surface area contributed by atoms with E-state index in [1.807, 2.05) is 0 Å². The average Bonchev–Trinajstić information content (AvgIpc) is 2.84. The highest BCUT2D eigenvalue weighted by Gasteiger charge is 2.13. The fourth-order valence-corrected chi connectivity index (χ4v) is 2.10. The SMILES string of the molecule is Cc1cc(NC(=O)CNC(=O)c2cc(Br)ccc2Cl)no1. The van der Waals surface area contributed by atoms with Crippen LogP contribution in [0.3, 0.4) is 0 Å². The maximum absolute atomic E-state index is 11.9. The molecule has 1 heterocycles. The lowest BCUT2D eigenvalue weighted by molar-refractivity contribution is -0.115. The van der Waals surface area contributed by atoms with Crippen LogP contribution in [0.25, 0.3) is 0 Å². The molecule has 0 atom stereocenters. The predicted octanol–water partition coefficient (Wildman–Crippen LogP) is 2.77. The van der Waals surface area contributed by atoms with Gasteiger partial charge in [0.1, 0.15) is 5.76 Å². The molecule has 0 saturated heterocycles. The number of amides is 2. The molecule has 0 aliphatic rings. The molecule has 2 amide bonds. The number of nitrogens with zero attached hydrogens (tertiary/aromatic N) is 1. The highest BCUT2D eigenvalue weighted by atomic mass is 79.9. The summed E-state index contributed by atoms with van der Waals surface area (Å²) in [6.07, 6.45) is 0. The first-order chi connectivity index (χ1) is 9.95. The van der Waals surface area contributed by atoms with E-state index in [2.05, 4.69) is 31.7 Å². The molecular formula is C13H11BrClN3O3. The van der Waals surface area contributed by atoms with E-state index in [1.165, 1.54) is 0 Å². The summed E-state index contributed by atoms with van der Waals surface area (Å²) in [5.41, 5.74) is 0.288. The fraction of sp³-hybridized carbons (Fsp3) is 0.154. The quantitative estimate of drug-likeness (QED) is 0.864. The van der Waals surface area contributed by atoms with Gasteiger partial charge in [-0.1, -0.05) is 32.7 Å². The van der Waals surface area contributed by atoms with Crippen LogP contribution in [-0.2, 0) is 4.79 Å². The van der Waals surface area contributed by atoms with Crippen LogP contribution in [0.2, 0.25) is 5.02 Å². The smallest absolute Gasteiger partial charge is 0.253 e. The van der Waals surface area contributed by atoms with Crippen LogP contribution in [0.5, 0.6) is 0 Å². The monoisotopic (exact) mass is 371 g/mol. The number of aryl methyl sites for hydroxylation is 1. The highest BCUT2D eigenvalue weighted by Crippen LogP contribution is 2.20. The first-order valence-corrected chi connectivity index (χ1v) is 7.09. The van der Waals surface area contributed by atoms with Crippen LogP contribution in [0.1, 0.15) is 16.1 Å². The zero-order chi connectivity index (χ0) is 15.4. The van der Waals surface area contributed by atoms with Crippen LogP contribution in [0, 0.1) is 6.92 Å². The van der Waals surface area contributed by atoms with Crippen LogP contribution in [-0.4, -0.2) is 23.5 Å². The largest absolute Gasteiger partial charge is 0.360 e. The number of hydrogen-bond donors (Lipinski definition) is 2. The summed E-state index contributed by atoms with van der Waals surface area (Å²) >= 11 is 9.19. The Kier molecular flexibility index (Phi) is 4.98. The number of hydrogen-bond acceptors (Lipinski definition) is 4. The summed E-state index contributed by atoms with van der Waals surface area (Å²) in [7, 11) is 0. The third kappa shape index (κ3) is 4.30. The molecule has 1 aromatic heterocycles. The van der Waals surface area contributed by atoms with E-state index in [9.17, 15) is 9.59 Å². The second kappa shape index (κ2) is 6.73. The number of carbonyl (C=O) groups is 2. The van der Waals surface area contributed by atoms with Gasteiger partial charge in [-0.05, 0) is 25.1 Å². The van der Waals surface area contributed by atoms with E-state index < -0.39 is 11.8 Å². The normalized spacial score (nSPS) is 10.2. The van der Waals surface area contributed by atoms with Gasteiger partial charge in [-0.2, -0.15) is 0 Å². The molecule has 0 aliphatic carbocycles. The van der Waals surface area contributed by atoms with Crippen molar-refractivity contribution in [1.29, 1.82) is 0 Å². The van der Waals surface area contributed by atoms with Crippen molar-refractivity contribution in [2.45, 2.75) is 6.92 Å². The lowest BCUT2D eigenvalue weighted by Crippen LogP contribution is -2.33. The lowest BCUT2D eigenvalue weighted by atomic mass is 10.2. The molecule has 0 bridgehead atoms. The Morgan fingerprint density at radius 2 is 2.14 bits per heavy atom. The minimum Gasteiger partial charge on any atom is -0.360 e. The Morgan fingerprint density at radius 1 is 1.38 bits per heavy atom. The Labute approximate surface area is 134 Å². The van der Waals surface area contributed by atoms with Gasteiger partial charge in [0.05, 0.1) is 17.1 Å². The van der Waals surface area contributed by atoms with E-state index in [-0.39, 0.29) is 12.1 Å². The van der Waals surface area contributed by atoms with Gasteiger partial charge < -0.3 is 15.2 Å². The predicted molar refractivity (Wildman–Crippen MR) is 81.4 cm³/mol. The van der Waals surface area contributed by atoms with Crippen molar-refractivity contribution in [3.63, 3.8) is 0 Å². The van der Waals surface area contributed by atoms with Crippen molar-refractivity contribution >= 4 is 45.2 Å². The van der Waals surface area contributed by atoms with Gasteiger partial charge in [-0.3, -0.25) is 9.59 Å². The summed E-state index contributed by atoms with van der Waals surface area (Å²) in [6, 6.07) is 6.47. The number of rotatable bonds is 4. The molecule has 110 valence electrons. The molecule has 21 heavy (non-hydrogen) atoms. The molecule has 8 heteroatoms. The minimum absolute atomic E-state index is 0.201. The molecule has 0 fully saturated rings. The summed E-state index contributed by atoms with van der Waals surface area (Å²) < 4.78 is 5.54. The molecule has 0 aliphatic heterocycles. The average molecular weight is 373 g/mol. The van der Waals surface area contributed by atoms with Crippen molar-refractivity contribution in [1.82, 2.24) is 10.5 Å². The van der Waals surface area contributed by atoms with Gasteiger partial charge in [0, 0.05) is 10.5 Å². The first kappa shape index (κ1) is 15.5. The number of benzene rings is 1. The Morgan fingerprint density at radius 3 is 2.81 bits per heavy atom. The van der Waals surface area contributed by atoms with E-state index in [0.717, 1.165) is 4.47 Å². The maximum atomic E-state index is 11.9. The summed E-state index contributed by atoms with van der Waals surface area (Å²) in [5, 5.41) is 8.90. The number of nitrogens with one attached hydrogen (secondary N) is 2. The van der Waals surface area contributed by atoms with Gasteiger partial charge in [0.2, 0.25) is 5.91 Å². The summed E-state index contributed by atoms with van der Waals surface area (Å²) in [5.74, 6) is 0.0260.